The molecule has 4 rings (SSSR count). The number of nitrogens with zero attached hydrogens (tertiary/aromatic N) is 1. The number of rotatable bonds is 3. The molecule has 6 nitrogen and oxygen atoms in total. The molecule has 128 valence electrons. The summed E-state index contributed by atoms with van der Waals surface area (Å²) in [5.41, 5.74) is 0.645. The van der Waals surface area contributed by atoms with Gasteiger partial charge < -0.3 is 19.1 Å². The van der Waals surface area contributed by atoms with Gasteiger partial charge in [0.2, 0.25) is 12.7 Å². The monoisotopic (exact) mass is 343 g/mol. The van der Waals surface area contributed by atoms with Crippen molar-refractivity contribution in [3.63, 3.8) is 0 Å². The quantitative estimate of drug-likeness (QED) is 0.633. The second-order valence-corrected chi connectivity index (χ2v) is 5.82. The molecule has 0 aromatic heterocycles. The molecule has 0 saturated carbocycles. The molecule has 25 heavy (non-hydrogen) atoms. The van der Waals surface area contributed by atoms with Crippen molar-refractivity contribution in [3.05, 3.63) is 48.3 Å². The number of benzene rings is 2. The molecular formula is C18H14FNO5. The smallest absolute Gasteiger partial charge is 0.316 e. The molecule has 2 aliphatic heterocycles. The zero-order valence-corrected chi connectivity index (χ0v) is 13.1. The highest BCUT2D eigenvalue weighted by Gasteiger charge is 2.37. The van der Waals surface area contributed by atoms with E-state index in [1.54, 1.807) is 18.2 Å². The Bertz CT molecular complexity index is 836. The summed E-state index contributed by atoms with van der Waals surface area (Å²) in [5.74, 6) is -0.221. The van der Waals surface area contributed by atoms with E-state index in [0.717, 1.165) is 0 Å². The van der Waals surface area contributed by atoms with E-state index in [2.05, 4.69) is 0 Å². The molecule has 0 N–H and O–H groups in total. The lowest BCUT2D eigenvalue weighted by molar-refractivity contribution is -0.139. The van der Waals surface area contributed by atoms with Gasteiger partial charge in [0, 0.05) is 24.7 Å². The largest absolute Gasteiger partial charge is 0.454 e. The standard InChI is InChI=1S/C18H14FNO5/c19-12-1-4-14(5-2-12)25-18(22)11-7-17(21)20(9-11)13-3-6-15-16(8-13)24-10-23-15/h1-6,8,11H,7,9-10H2/t11-/m1/s1. The molecule has 0 bridgehead atoms. The van der Waals surface area contributed by atoms with Crippen molar-refractivity contribution in [2.24, 2.45) is 5.92 Å². The van der Waals surface area contributed by atoms with E-state index in [9.17, 15) is 14.0 Å². The predicted octanol–water partition coefficient (Wildman–Crippen LogP) is 2.51. The van der Waals surface area contributed by atoms with Crippen LogP contribution in [-0.4, -0.2) is 25.2 Å². The molecule has 0 aliphatic carbocycles. The van der Waals surface area contributed by atoms with Crippen molar-refractivity contribution in [2.45, 2.75) is 6.42 Å². The molecule has 1 saturated heterocycles. The summed E-state index contributed by atoms with van der Waals surface area (Å²) in [6, 6.07) is 10.4. The third-order valence-corrected chi connectivity index (χ3v) is 4.16. The first-order valence-corrected chi connectivity index (χ1v) is 7.77. The van der Waals surface area contributed by atoms with Crippen molar-refractivity contribution in [1.29, 1.82) is 0 Å². The van der Waals surface area contributed by atoms with Gasteiger partial charge in [0.25, 0.3) is 0 Å². The Kier molecular flexibility index (Phi) is 3.76. The molecular weight excluding hydrogens is 329 g/mol. The Hall–Kier alpha value is -3.09. The van der Waals surface area contributed by atoms with E-state index in [4.69, 9.17) is 14.2 Å². The first kappa shape index (κ1) is 15.4. The number of fused-ring (bicyclic) bond motifs is 1. The maximum atomic E-state index is 12.9. The van der Waals surface area contributed by atoms with Crippen LogP contribution in [0.1, 0.15) is 6.42 Å². The molecule has 1 amide bonds. The maximum absolute atomic E-state index is 12.9. The molecule has 2 aliphatic rings. The van der Waals surface area contributed by atoms with Crippen LogP contribution >= 0.6 is 0 Å². The minimum Gasteiger partial charge on any atom is -0.454 e. The summed E-state index contributed by atoms with van der Waals surface area (Å²) in [5, 5.41) is 0. The number of hydrogen-bond acceptors (Lipinski definition) is 5. The summed E-state index contributed by atoms with van der Waals surface area (Å²) < 4.78 is 28.7. The molecule has 2 heterocycles. The zero-order valence-electron chi connectivity index (χ0n) is 13.1. The summed E-state index contributed by atoms with van der Waals surface area (Å²) in [4.78, 5) is 26.1. The van der Waals surface area contributed by atoms with Gasteiger partial charge in [0.1, 0.15) is 11.6 Å². The van der Waals surface area contributed by atoms with E-state index in [1.807, 2.05) is 0 Å². The number of halogens is 1. The van der Waals surface area contributed by atoms with Crippen LogP contribution in [0.2, 0.25) is 0 Å². The highest BCUT2D eigenvalue weighted by molar-refractivity contribution is 6.00. The van der Waals surface area contributed by atoms with Gasteiger partial charge in [-0.3, -0.25) is 9.59 Å². The predicted molar refractivity (Wildman–Crippen MR) is 85.1 cm³/mol. The van der Waals surface area contributed by atoms with Crippen LogP contribution in [0, 0.1) is 11.7 Å². The second-order valence-electron chi connectivity index (χ2n) is 5.82. The number of amides is 1. The van der Waals surface area contributed by atoms with Crippen LogP contribution in [0.4, 0.5) is 10.1 Å². The minimum atomic E-state index is -0.581. The van der Waals surface area contributed by atoms with Crippen molar-refractivity contribution < 1.29 is 28.2 Å². The minimum absolute atomic E-state index is 0.0640. The lowest BCUT2D eigenvalue weighted by atomic mass is 10.1. The lowest BCUT2D eigenvalue weighted by Gasteiger charge is -2.17. The number of anilines is 1. The second kappa shape index (κ2) is 6.08. The number of hydrogen-bond donors (Lipinski definition) is 0. The van der Waals surface area contributed by atoms with Gasteiger partial charge in [-0.05, 0) is 36.4 Å². The molecule has 0 unspecified atom stereocenters. The Labute approximate surface area is 142 Å². The third-order valence-electron chi connectivity index (χ3n) is 4.16. The summed E-state index contributed by atoms with van der Waals surface area (Å²) in [7, 11) is 0. The van der Waals surface area contributed by atoms with Crippen LogP contribution in [0.25, 0.3) is 0 Å². The van der Waals surface area contributed by atoms with Gasteiger partial charge in [-0.15, -0.1) is 0 Å². The SMILES string of the molecule is O=C(Oc1ccc(F)cc1)[C@@H]1CC(=O)N(c2ccc3c(c2)OCO3)C1. The van der Waals surface area contributed by atoms with E-state index < -0.39 is 17.7 Å². The number of ether oxygens (including phenoxy) is 3. The van der Waals surface area contributed by atoms with Crippen LogP contribution < -0.4 is 19.1 Å². The van der Waals surface area contributed by atoms with Crippen LogP contribution in [0.5, 0.6) is 17.2 Å². The van der Waals surface area contributed by atoms with Gasteiger partial charge >= 0.3 is 5.97 Å². The molecule has 2 aromatic carbocycles. The molecule has 1 fully saturated rings. The lowest BCUT2D eigenvalue weighted by Crippen LogP contribution is -2.27. The van der Waals surface area contributed by atoms with Gasteiger partial charge in [-0.1, -0.05) is 0 Å². The molecule has 0 radical (unpaired) electrons. The van der Waals surface area contributed by atoms with Crippen LogP contribution in [0.15, 0.2) is 42.5 Å². The molecule has 2 aromatic rings. The average molecular weight is 343 g/mol. The first-order chi connectivity index (χ1) is 12.1. The summed E-state index contributed by atoms with van der Waals surface area (Å²) in [6.07, 6.45) is 0.0640. The van der Waals surface area contributed by atoms with Gasteiger partial charge in [-0.2, -0.15) is 0 Å². The van der Waals surface area contributed by atoms with E-state index in [-0.39, 0.29) is 31.4 Å². The van der Waals surface area contributed by atoms with Crippen molar-refractivity contribution >= 4 is 17.6 Å². The zero-order chi connectivity index (χ0) is 17.4. The van der Waals surface area contributed by atoms with Crippen LogP contribution in [-0.2, 0) is 9.59 Å². The fourth-order valence-corrected chi connectivity index (χ4v) is 2.87. The molecule has 1 atom stereocenters. The fraction of sp³-hybridized carbons (Fsp3) is 0.222. The highest BCUT2D eigenvalue weighted by atomic mass is 19.1. The normalized spacial score (nSPS) is 18.5. The summed E-state index contributed by atoms with van der Waals surface area (Å²) >= 11 is 0. The molecule has 7 heteroatoms. The Morgan fingerprint density at radius 3 is 2.68 bits per heavy atom. The Morgan fingerprint density at radius 1 is 1.12 bits per heavy atom. The number of carbonyl (C=O) groups excluding carboxylic acids is 2. The first-order valence-electron chi connectivity index (χ1n) is 7.77. The molecule has 0 spiro atoms. The number of esters is 1. The van der Waals surface area contributed by atoms with Gasteiger partial charge in [0.15, 0.2) is 11.5 Å². The van der Waals surface area contributed by atoms with E-state index in [1.165, 1.54) is 29.2 Å². The van der Waals surface area contributed by atoms with Gasteiger partial charge in [0.05, 0.1) is 5.92 Å². The Morgan fingerprint density at radius 2 is 1.88 bits per heavy atom. The van der Waals surface area contributed by atoms with Crippen molar-refractivity contribution in [1.82, 2.24) is 0 Å². The Balaban J connectivity index is 1.46. The van der Waals surface area contributed by atoms with E-state index in [0.29, 0.717) is 17.2 Å². The van der Waals surface area contributed by atoms with Gasteiger partial charge in [-0.25, -0.2) is 4.39 Å². The maximum Gasteiger partial charge on any atom is 0.316 e. The number of carbonyl (C=O) groups is 2. The topological polar surface area (TPSA) is 65.1 Å². The van der Waals surface area contributed by atoms with Crippen LogP contribution in [0.3, 0.4) is 0 Å². The highest BCUT2D eigenvalue weighted by Crippen LogP contribution is 2.37. The average Bonchev–Trinajstić information content (AvgIpc) is 3.22. The van der Waals surface area contributed by atoms with Crippen molar-refractivity contribution in [2.75, 3.05) is 18.2 Å². The summed E-state index contributed by atoms with van der Waals surface area (Å²) in [6.45, 7) is 0.373. The van der Waals surface area contributed by atoms with Crippen molar-refractivity contribution in [3.8, 4) is 17.2 Å². The van der Waals surface area contributed by atoms with E-state index >= 15 is 0 Å². The third kappa shape index (κ3) is 3.00. The fourth-order valence-electron chi connectivity index (χ4n) is 2.87.